The number of fused-ring (bicyclic) bond motifs is 2. The molecule has 5 atom stereocenters. The summed E-state index contributed by atoms with van der Waals surface area (Å²) < 4.78 is 7.37. The number of nitrogens with zero attached hydrogens (tertiary/aromatic N) is 3. The average Bonchev–Trinajstić information content (AvgIpc) is 3.54. The van der Waals surface area contributed by atoms with Crippen molar-refractivity contribution in [2.45, 2.75) is 62.4 Å². The Labute approximate surface area is 187 Å². The summed E-state index contributed by atoms with van der Waals surface area (Å²) in [6, 6.07) is 4.51. The largest absolute Gasteiger partial charge is 0.385 e. The van der Waals surface area contributed by atoms with E-state index >= 15 is 0 Å². The highest BCUT2D eigenvalue weighted by molar-refractivity contribution is 8.00. The highest BCUT2D eigenvalue weighted by atomic mass is 32.2. The van der Waals surface area contributed by atoms with E-state index in [1.807, 2.05) is 6.92 Å². The van der Waals surface area contributed by atoms with Gasteiger partial charge >= 0.3 is 0 Å². The summed E-state index contributed by atoms with van der Waals surface area (Å²) in [5.74, 6) is 3.38. The minimum Gasteiger partial charge on any atom is -0.385 e. The molecule has 30 heavy (non-hydrogen) atoms. The van der Waals surface area contributed by atoms with Crippen LogP contribution in [0.5, 0.6) is 0 Å². The van der Waals surface area contributed by atoms with Crippen molar-refractivity contribution in [3.8, 4) is 10.7 Å². The van der Waals surface area contributed by atoms with E-state index in [9.17, 15) is 4.79 Å². The predicted molar refractivity (Wildman–Crippen MR) is 122 cm³/mol. The molecular formula is C22H32N4O2S2. The number of hydrogen-bond acceptors (Lipinski definition) is 6. The monoisotopic (exact) mass is 448 g/mol. The third-order valence-corrected chi connectivity index (χ3v) is 8.62. The van der Waals surface area contributed by atoms with Crippen molar-refractivity contribution in [3.63, 3.8) is 0 Å². The van der Waals surface area contributed by atoms with Crippen LogP contribution >= 0.6 is 23.1 Å². The van der Waals surface area contributed by atoms with E-state index in [-0.39, 0.29) is 11.2 Å². The fourth-order valence-electron chi connectivity index (χ4n) is 5.16. The van der Waals surface area contributed by atoms with Crippen LogP contribution in [-0.2, 0) is 9.53 Å². The molecule has 2 aliphatic rings. The molecule has 0 aliphatic heterocycles. The highest BCUT2D eigenvalue weighted by Crippen LogP contribution is 2.53. The summed E-state index contributed by atoms with van der Waals surface area (Å²) in [4.78, 5) is 13.7. The molecule has 0 aromatic carbocycles. The van der Waals surface area contributed by atoms with E-state index in [1.165, 1.54) is 37.4 Å². The molecule has 164 valence electrons. The van der Waals surface area contributed by atoms with Crippen LogP contribution in [0.15, 0.2) is 22.7 Å². The van der Waals surface area contributed by atoms with Crippen LogP contribution < -0.4 is 5.32 Å². The van der Waals surface area contributed by atoms with Gasteiger partial charge < -0.3 is 10.1 Å². The first kappa shape index (κ1) is 21.8. The normalized spacial score (nSPS) is 24.8. The van der Waals surface area contributed by atoms with Gasteiger partial charge in [0.15, 0.2) is 11.0 Å². The molecule has 0 radical (unpaired) electrons. The first-order valence-electron chi connectivity index (χ1n) is 11.0. The van der Waals surface area contributed by atoms with E-state index < -0.39 is 0 Å². The van der Waals surface area contributed by atoms with E-state index in [2.05, 4.69) is 44.5 Å². The number of carbonyl (C=O) groups is 1. The first-order valence-corrected chi connectivity index (χ1v) is 12.8. The molecule has 1 N–H and O–H groups in total. The molecule has 0 saturated heterocycles. The third-order valence-electron chi connectivity index (χ3n) is 6.70. The highest BCUT2D eigenvalue weighted by Gasteiger charge is 2.43. The van der Waals surface area contributed by atoms with Crippen LogP contribution in [0.3, 0.4) is 0 Å². The van der Waals surface area contributed by atoms with Crippen LogP contribution in [-0.4, -0.2) is 46.2 Å². The molecule has 0 spiro atoms. The number of hydrogen-bond donors (Lipinski definition) is 1. The Balaban J connectivity index is 1.52. The van der Waals surface area contributed by atoms with Crippen LogP contribution in [0.2, 0.25) is 0 Å². The fraction of sp³-hybridized carbons (Fsp3) is 0.682. The molecule has 2 heterocycles. The molecule has 1 amide bonds. The van der Waals surface area contributed by atoms with Gasteiger partial charge in [0.2, 0.25) is 5.91 Å². The molecular weight excluding hydrogens is 416 g/mol. The van der Waals surface area contributed by atoms with Gasteiger partial charge in [0.1, 0.15) is 0 Å². The van der Waals surface area contributed by atoms with Gasteiger partial charge in [-0.05, 0) is 68.7 Å². The maximum Gasteiger partial charge on any atom is 0.233 e. The van der Waals surface area contributed by atoms with E-state index in [0.717, 1.165) is 34.1 Å². The lowest BCUT2D eigenvalue weighted by molar-refractivity contribution is -0.120. The number of thiophene rings is 1. The summed E-state index contributed by atoms with van der Waals surface area (Å²) in [6.45, 7) is 5.56. The Bertz CT molecular complexity index is 838. The minimum atomic E-state index is -0.223. The van der Waals surface area contributed by atoms with Crippen molar-refractivity contribution in [2.24, 2.45) is 17.8 Å². The minimum absolute atomic E-state index is 0.0379. The van der Waals surface area contributed by atoms with Gasteiger partial charge in [0.25, 0.3) is 0 Å². The predicted octanol–water partition coefficient (Wildman–Crippen LogP) is 4.64. The lowest BCUT2D eigenvalue weighted by Gasteiger charge is -2.30. The number of thioether (sulfide) groups is 1. The van der Waals surface area contributed by atoms with Gasteiger partial charge in [-0.2, -0.15) is 0 Å². The van der Waals surface area contributed by atoms with Gasteiger partial charge in [-0.15, -0.1) is 21.5 Å². The molecule has 6 nitrogen and oxygen atoms in total. The smallest absolute Gasteiger partial charge is 0.233 e. The number of ether oxygens (including phenoxy) is 1. The molecule has 2 bridgehead atoms. The van der Waals surface area contributed by atoms with Gasteiger partial charge in [0.05, 0.1) is 10.1 Å². The molecule has 2 saturated carbocycles. The molecule has 2 aromatic heterocycles. The Kier molecular flexibility index (Phi) is 7.16. The Morgan fingerprint density at radius 2 is 2.23 bits per heavy atom. The quantitative estimate of drug-likeness (QED) is 0.424. The van der Waals surface area contributed by atoms with Gasteiger partial charge in [-0.25, -0.2) is 0 Å². The number of carbonyl (C=O) groups excluding carboxylic acids is 1. The van der Waals surface area contributed by atoms with Gasteiger partial charge in [0, 0.05) is 26.3 Å². The second kappa shape index (κ2) is 9.83. The standard InChI is InChI=1S/C22H32N4O2S2/c1-14(18-13-16-7-8-17(18)12-16)26-20(19-6-4-11-29-19)24-25-22(26)30-15(2)21(27)23-9-5-10-28-3/h4,6,11,14-18H,5,7-10,12-13H2,1-3H3,(H,23,27). The summed E-state index contributed by atoms with van der Waals surface area (Å²) >= 11 is 3.21. The van der Waals surface area contributed by atoms with Crippen molar-refractivity contribution in [1.82, 2.24) is 20.1 Å². The van der Waals surface area contributed by atoms with Crippen LogP contribution in [0, 0.1) is 17.8 Å². The lowest BCUT2D eigenvalue weighted by atomic mass is 9.84. The van der Waals surface area contributed by atoms with Crippen molar-refractivity contribution in [3.05, 3.63) is 17.5 Å². The summed E-state index contributed by atoms with van der Waals surface area (Å²) in [5, 5.41) is 14.8. The summed E-state index contributed by atoms with van der Waals surface area (Å²) in [7, 11) is 1.68. The van der Waals surface area contributed by atoms with E-state index in [4.69, 9.17) is 4.74 Å². The van der Waals surface area contributed by atoms with E-state index in [1.54, 1.807) is 18.4 Å². The van der Waals surface area contributed by atoms with Crippen LogP contribution in [0.25, 0.3) is 10.7 Å². The third kappa shape index (κ3) is 4.60. The number of aromatic nitrogens is 3. The topological polar surface area (TPSA) is 69.0 Å². The molecule has 2 aromatic rings. The molecule has 4 rings (SSSR count). The lowest BCUT2D eigenvalue weighted by Crippen LogP contribution is -2.32. The zero-order valence-corrected chi connectivity index (χ0v) is 19.7. The molecule has 5 unspecified atom stereocenters. The summed E-state index contributed by atoms with van der Waals surface area (Å²) in [5.41, 5.74) is 0. The number of nitrogens with one attached hydrogen (secondary N) is 1. The van der Waals surface area contributed by atoms with Crippen LogP contribution in [0.4, 0.5) is 0 Å². The number of amides is 1. The van der Waals surface area contributed by atoms with Gasteiger partial charge in [-0.1, -0.05) is 24.2 Å². The second-order valence-corrected chi connectivity index (χ2v) is 10.9. The number of rotatable bonds is 10. The fourth-order valence-corrected chi connectivity index (χ4v) is 6.82. The zero-order valence-electron chi connectivity index (χ0n) is 18.0. The van der Waals surface area contributed by atoms with E-state index in [0.29, 0.717) is 25.1 Å². The Morgan fingerprint density at radius 1 is 1.37 bits per heavy atom. The maximum absolute atomic E-state index is 12.6. The summed E-state index contributed by atoms with van der Waals surface area (Å²) in [6.07, 6.45) is 6.27. The molecule has 2 aliphatic carbocycles. The second-order valence-electron chi connectivity index (χ2n) is 8.63. The van der Waals surface area contributed by atoms with Gasteiger partial charge in [-0.3, -0.25) is 9.36 Å². The van der Waals surface area contributed by atoms with Crippen molar-refractivity contribution < 1.29 is 9.53 Å². The van der Waals surface area contributed by atoms with Crippen molar-refractivity contribution in [1.29, 1.82) is 0 Å². The molecule has 2 fully saturated rings. The van der Waals surface area contributed by atoms with Crippen LogP contribution in [0.1, 0.15) is 52.0 Å². The first-order chi connectivity index (χ1) is 14.6. The number of methoxy groups -OCH3 is 1. The van der Waals surface area contributed by atoms with Crippen molar-refractivity contribution >= 4 is 29.0 Å². The molecule has 8 heteroatoms. The maximum atomic E-state index is 12.6. The average molecular weight is 449 g/mol. The Hall–Kier alpha value is -1.38. The van der Waals surface area contributed by atoms with Crippen molar-refractivity contribution in [2.75, 3.05) is 20.3 Å². The zero-order chi connectivity index (χ0) is 21.1. The SMILES string of the molecule is COCCCNC(=O)C(C)Sc1nnc(-c2cccs2)n1C(C)C1CC2CCC1C2. The Morgan fingerprint density at radius 3 is 2.90 bits per heavy atom.